The SMILES string of the molecule is COCC(C)NC(=O)CCN(c1ccc(C)cc1)S(=O)(=O)c1ccccc1. The summed E-state index contributed by atoms with van der Waals surface area (Å²) in [4.78, 5) is 12.4. The largest absolute Gasteiger partial charge is 0.383 e. The summed E-state index contributed by atoms with van der Waals surface area (Å²) in [5.74, 6) is -0.222. The number of nitrogens with zero attached hydrogens (tertiary/aromatic N) is 1. The van der Waals surface area contributed by atoms with Crippen molar-refractivity contribution in [3.05, 3.63) is 60.2 Å². The average molecular weight is 391 g/mol. The number of anilines is 1. The van der Waals surface area contributed by atoms with Crippen LogP contribution in [-0.4, -0.2) is 40.6 Å². The molecule has 1 unspecified atom stereocenters. The van der Waals surface area contributed by atoms with Crippen LogP contribution in [0.2, 0.25) is 0 Å². The lowest BCUT2D eigenvalue weighted by Crippen LogP contribution is -2.39. The summed E-state index contributed by atoms with van der Waals surface area (Å²) < 4.78 is 32.5. The minimum Gasteiger partial charge on any atom is -0.383 e. The molecule has 1 atom stereocenters. The van der Waals surface area contributed by atoms with Gasteiger partial charge in [-0.15, -0.1) is 0 Å². The Morgan fingerprint density at radius 2 is 1.74 bits per heavy atom. The quantitative estimate of drug-likeness (QED) is 0.714. The highest BCUT2D eigenvalue weighted by molar-refractivity contribution is 7.92. The smallest absolute Gasteiger partial charge is 0.264 e. The first-order chi connectivity index (χ1) is 12.8. The third-order valence-electron chi connectivity index (χ3n) is 4.02. The van der Waals surface area contributed by atoms with E-state index < -0.39 is 10.0 Å². The van der Waals surface area contributed by atoms with Crippen LogP contribution in [0.5, 0.6) is 0 Å². The van der Waals surface area contributed by atoms with Gasteiger partial charge in [-0.05, 0) is 38.1 Å². The molecule has 2 rings (SSSR count). The van der Waals surface area contributed by atoms with Crippen molar-refractivity contribution in [1.82, 2.24) is 5.32 Å². The minimum absolute atomic E-state index is 0.0474. The van der Waals surface area contributed by atoms with E-state index in [4.69, 9.17) is 4.74 Å². The molecule has 7 heteroatoms. The topological polar surface area (TPSA) is 75.7 Å². The molecule has 0 aliphatic carbocycles. The number of hydrogen-bond donors (Lipinski definition) is 1. The first kappa shape index (κ1) is 20.9. The molecule has 0 aliphatic heterocycles. The molecule has 0 saturated carbocycles. The van der Waals surface area contributed by atoms with Gasteiger partial charge in [0.2, 0.25) is 5.91 Å². The molecular weight excluding hydrogens is 364 g/mol. The molecule has 0 heterocycles. The summed E-state index contributed by atoms with van der Waals surface area (Å²) in [6.07, 6.45) is 0.0496. The van der Waals surface area contributed by atoms with Gasteiger partial charge in [0, 0.05) is 26.1 Å². The predicted octanol–water partition coefficient (Wildman–Crippen LogP) is 2.73. The first-order valence-electron chi connectivity index (χ1n) is 8.77. The molecule has 146 valence electrons. The zero-order chi connectivity index (χ0) is 19.9. The van der Waals surface area contributed by atoms with E-state index in [1.54, 1.807) is 49.6 Å². The number of benzene rings is 2. The number of hydrogen-bond acceptors (Lipinski definition) is 4. The average Bonchev–Trinajstić information content (AvgIpc) is 2.64. The van der Waals surface area contributed by atoms with Crippen molar-refractivity contribution in [2.24, 2.45) is 0 Å². The second kappa shape index (κ2) is 9.53. The molecule has 6 nitrogen and oxygen atoms in total. The second-order valence-corrected chi connectivity index (χ2v) is 8.26. The molecule has 0 aliphatic rings. The van der Waals surface area contributed by atoms with Gasteiger partial charge in [-0.3, -0.25) is 9.10 Å². The van der Waals surface area contributed by atoms with Crippen molar-refractivity contribution in [1.29, 1.82) is 0 Å². The van der Waals surface area contributed by atoms with E-state index in [1.165, 1.54) is 4.31 Å². The number of ether oxygens (including phenoxy) is 1. The van der Waals surface area contributed by atoms with Crippen LogP contribution in [0, 0.1) is 6.92 Å². The van der Waals surface area contributed by atoms with Gasteiger partial charge in [-0.1, -0.05) is 35.9 Å². The Morgan fingerprint density at radius 1 is 1.11 bits per heavy atom. The zero-order valence-electron chi connectivity index (χ0n) is 15.9. The Balaban J connectivity index is 2.23. The normalized spacial score (nSPS) is 12.4. The Morgan fingerprint density at radius 3 is 2.33 bits per heavy atom. The number of amides is 1. The van der Waals surface area contributed by atoms with Gasteiger partial charge in [0.15, 0.2) is 0 Å². The fraction of sp³-hybridized carbons (Fsp3) is 0.350. The Bertz CT molecular complexity index is 836. The number of sulfonamides is 1. The molecule has 0 aromatic heterocycles. The first-order valence-corrected chi connectivity index (χ1v) is 10.2. The Hall–Kier alpha value is -2.38. The fourth-order valence-corrected chi connectivity index (χ4v) is 4.15. The van der Waals surface area contributed by atoms with Crippen LogP contribution in [0.15, 0.2) is 59.5 Å². The van der Waals surface area contributed by atoms with Gasteiger partial charge in [0.05, 0.1) is 17.2 Å². The molecule has 0 bridgehead atoms. The van der Waals surface area contributed by atoms with E-state index >= 15 is 0 Å². The summed E-state index contributed by atoms with van der Waals surface area (Å²) in [6.45, 7) is 4.21. The Labute approximate surface area is 161 Å². The molecule has 1 N–H and O–H groups in total. The van der Waals surface area contributed by atoms with Gasteiger partial charge in [-0.25, -0.2) is 8.42 Å². The molecule has 0 spiro atoms. The molecule has 27 heavy (non-hydrogen) atoms. The summed E-state index contributed by atoms with van der Waals surface area (Å²) in [7, 11) is -2.21. The lowest BCUT2D eigenvalue weighted by molar-refractivity contribution is -0.121. The molecular formula is C20H26N2O4S. The standard InChI is InChI=1S/C20H26N2O4S/c1-16-9-11-18(12-10-16)22(14-13-20(23)21-17(2)15-26-3)27(24,25)19-7-5-4-6-8-19/h4-12,17H,13-15H2,1-3H3,(H,21,23). The highest BCUT2D eigenvalue weighted by atomic mass is 32.2. The van der Waals surface area contributed by atoms with E-state index in [2.05, 4.69) is 5.32 Å². The van der Waals surface area contributed by atoms with Crippen LogP contribution in [-0.2, 0) is 19.6 Å². The maximum Gasteiger partial charge on any atom is 0.264 e. The summed E-state index contributed by atoms with van der Waals surface area (Å²) >= 11 is 0. The maximum atomic E-state index is 13.1. The van der Waals surface area contributed by atoms with Crippen LogP contribution >= 0.6 is 0 Å². The lowest BCUT2D eigenvalue weighted by Gasteiger charge is -2.25. The maximum absolute atomic E-state index is 13.1. The van der Waals surface area contributed by atoms with Crippen molar-refractivity contribution in [3.8, 4) is 0 Å². The number of carbonyl (C=O) groups is 1. The number of carbonyl (C=O) groups excluding carboxylic acids is 1. The summed E-state index contributed by atoms with van der Waals surface area (Å²) in [5.41, 5.74) is 1.56. The third-order valence-corrected chi connectivity index (χ3v) is 5.86. The van der Waals surface area contributed by atoms with Crippen LogP contribution in [0.4, 0.5) is 5.69 Å². The highest BCUT2D eigenvalue weighted by Crippen LogP contribution is 2.24. The van der Waals surface area contributed by atoms with Gasteiger partial charge in [0.25, 0.3) is 10.0 Å². The van der Waals surface area contributed by atoms with E-state index in [9.17, 15) is 13.2 Å². The van der Waals surface area contributed by atoms with Gasteiger partial charge >= 0.3 is 0 Å². The molecule has 0 fully saturated rings. The van der Waals surface area contributed by atoms with E-state index in [1.807, 2.05) is 26.0 Å². The Kier molecular flexibility index (Phi) is 7.38. The highest BCUT2D eigenvalue weighted by Gasteiger charge is 2.25. The summed E-state index contributed by atoms with van der Waals surface area (Å²) in [6, 6.07) is 15.3. The molecule has 0 radical (unpaired) electrons. The number of methoxy groups -OCH3 is 1. The van der Waals surface area contributed by atoms with Crippen molar-refractivity contribution >= 4 is 21.6 Å². The predicted molar refractivity (Wildman–Crippen MR) is 106 cm³/mol. The molecule has 1 amide bonds. The van der Waals surface area contributed by atoms with Crippen molar-refractivity contribution < 1.29 is 17.9 Å². The van der Waals surface area contributed by atoms with Crippen molar-refractivity contribution in [2.75, 3.05) is 24.6 Å². The van der Waals surface area contributed by atoms with E-state index in [0.29, 0.717) is 12.3 Å². The molecule has 0 saturated heterocycles. The van der Waals surface area contributed by atoms with Crippen LogP contribution in [0.25, 0.3) is 0 Å². The minimum atomic E-state index is -3.77. The third kappa shape index (κ3) is 5.80. The second-order valence-electron chi connectivity index (χ2n) is 6.40. The van der Waals surface area contributed by atoms with E-state index in [-0.39, 0.29) is 29.8 Å². The molecule has 2 aromatic carbocycles. The van der Waals surface area contributed by atoms with Gasteiger partial charge < -0.3 is 10.1 Å². The lowest BCUT2D eigenvalue weighted by atomic mass is 10.2. The van der Waals surface area contributed by atoms with Crippen LogP contribution in [0.1, 0.15) is 18.9 Å². The van der Waals surface area contributed by atoms with Crippen molar-refractivity contribution in [3.63, 3.8) is 0 Å². The zero-order valence-corrected chi connectivity index (χ0v) is 16.7. The monoisotopic (exact) mass is 390 g/mol. The summed E-state index contributed by atoms with van der Waals surface area (Å²) in [5, 5.41) is 2.80. The fourth-order valence-electron chi connectivity index (χ4n) is 2.66. The van der Waals surface area contributed by atoms with Crippen molar-refractivity contribution in [2.45, 2.75) is 31.2 Å². The number of rotatable bonds is 9. The van der Waals surface area contributed by atoms with Crippen LogP contribution < -0.4 is 9.62 Å². The van der Waals surface area contributed by atoms with E-state index in [0.717, 1.165) is 5.56 Å². The number of nitrogens with one attached hydrogen (secondary N) is 1. The van der Waals surface area contributed by atoms with Crippen LogP contribution in [0.3, 0.4) is 0 Å². The molecule has 2 aromatic rings. The van der Waals surface area contributed by atoms with Gasteiger partial charge in [0.1, 0.15) is 0 Å². The number of aryl methyl sites for hydroxylation is 1. The van der Waals surface area contributed by atoms with Gasteiger partial charge in [-0.2, -0.15) is 0 Å².